The van der Waals surface area contributed by atoms with Crippen LogP contribution in [0, 0.1) is 0 Å². The second kappa shape index (κ2) is 8.59. The Morgan fingerprint density at radius 1 is 1.07 bits per heavy atom. The van der Waals surface area contributed by atoms with E-state index in [9.17, 15) is 4.79 Å². The molecule has 0 saturated carbocycles. The quantitative estimate of drug-likeness (QED) is 0.658. The number of carbonyl (C=O) groups is 1. The summed E-state index contributed by atoms with van der Waals surface area (Å²) in [6, 6.07) is 16.3. The lowest BCUT2D eigenvalue weighted by Gasteiger charge is -2.30. The number of methoxy groups -OCH3 is 1. The third kappa shape index (κ3) is 4.39. The van der Waals surface area contributed by atoms with E-state index >= 15 is 0 Å². The van der Waals surface area contributed by atoms with Gasteiger partial charge in [0.15, 0.2) is 5.76 Å². The molecule has 4 rings (SSSR count). The molecule has 2 aromatic carbocycles. The Balaban J connectivity index is 1.57. The Kier molecular flexibility index (Phi) is 5.74. The highest BCUT2D eigenvalue weighted by Gasteiger charge is 2.19. The van der Waals surface area contributed by atoms with Gasteiger partial charge in [0.2, 0.25) is 0 Å². The molecular formula is C22H21ClN2O4. The molecule has 1 amide bonds. The average molecular weight is 413 g/mol. The number of benzene rings is 2. The molecule has 0 unspecified atom stereocenters. The van der Waals surface area contributed by atoms with Gasteiger partial charge >= 0.3 is 0 Å². The second-order valence-corrected chi connectivity index (χ2v) is 7.04. The molecule has 0 atom stereocenters. The molecular weight excluding hydrogens is 392 g/mol. The van der Waals surface area contributed by atoms with Gasteiger partial charge in [-0.3, -0.25) is 4.79 Å². The van der Waals surface area contributed by atoms with Crippen LogP contribution in [-0.4, -0.2) is 39.3 Å². The average Bonchev–Trinajstić information content (AvgIpc) is 3.25. The number of amides is 1. The zero-order chi connectivity index (χ0) is 20.2. The lowest BCUT2D eigenvalue weighted by molar-refractivity contribution is 0.0997. The molecule has 1 saturated heterocycles. The SMILES string of the molecule is COc1ccc(N2CCOCC2)c(NC(=O)c2ccc(-c3ccc(Cl)cc3)o2)c1. The van der Waals surface area contributed by atoms with Gasteiger partial charge in [-0.25, -0.2) is 0 Å². The monoisotopic (exact) mass is 412 g/mol. The van der Waals surface area contributed by atoms with Gasteiger partial charge < -0.3 is 24.1 Å². The number of hydrogen-bond donors (Lipinski definition) is 1. The van der Waals surface area contributed by atoms with E-state index in [2.05, 4.69) is 10.2 Å². The first-order valence-electron chi connectivity index (χ1n) is 9.32. The van der Waals surface area contributed by atoms with E-state index in [0.29, 0.717) is 35.4 Å². The summed E-state index contributed by atoms with van der Waals surface area (Å²) < 4.78 is 16.5. The molecule has 150 valence electrons. The minimum Gasteiger partial charge on any atom is -0.497 e. The first-order chi connectivity index (χ1) is 14.1. The van der Waals surface area contributed by atoms with Gasteiger partial charge in [0.1, 0.15) is 11.5 Å². The predicted octanol–water partition coefficient (Wildman–Crippen LogP) is 4.70. The van der Waals surface area contributed by atoms with Crippen LogP contribution < -0.4 is 15.0 Å². The normalized spacial score (nSPS) is 13.9. The Bertz CT molecular complexity index is 994. The fraction of sp³-hybridized carbons (Fsp3) is 0.227. The van der Waals surface area contributed by atoms with Gasteiger partial charge in [0.25, 0.3) is 5.91 Å². The molecule has 1 N–H and O–H groups in total. The highest BCUT2D eigenvalue weighted by molar-refractivity contribution is 6.30. The van der Waals surface area contributed by atoms with E-state index in [0.717, 1.165) is 24.3 Å². The van der Waals surface area contributed by atoms with Crippen molar-refractivity contribution in [1.82, 2.24) is 0 Å². The van der Waals surface area contributed by atoms with Crippen LogP contribution in [0.2, 0.25) is 5.02 Å². The van der Waals surface area contributed by atoms with E-state index in [1.54, 1.807) is 31.4 Å². The van der Waals surface area contributed by atoms with Crippen molar-refractivity contribution < 1.29 is 18.7 Å². The zero-order valence-electron chi connectivity index (χ0n) is 16.0. The molecule has 6 nitrogen and oxygen atoms in total. The number of rotatable bonds is 5. The minimum absolute atomic E-state index is 0.227. The van der Waals surface area contributed by atoms with Crippen LogP contribution in [0.15, 0.2) is 59.0 Å². The second-order valence-electron chi connectivity index (χ2n) is 6.61. The molecule has 1 aromatic heterocycles. The molecule has 0 bridgehead atoms. The van der Waals surface area contributed by atoms with E-state index in [4.69, 9.17) is 25.5 Å². The molecule has 3 aromatic rings. The van der Waals surface area contributed by atoms with Gasteiger partial charge in [-0.2, -0.15) is 0 Å². The maximum absolute atomic E-state index is 12.8. The summed E-state index contributed by atoms with van der Waals surface area (Å²) in [5.41, 5.74) is 2.44. The topological polar surface area (TPSA) is 63.9 Å². The van der Waals surface area contributed by atoms with Gasteiger partial charge in [0, 0.05) is 29.7 Å². The third-order valence-corrected chi connectivity index (χ3v) is 5.01. The van der Waals surface area contributed by atoms with Crippen molar-refractivity contribution >= 4 is 28.9 Å². The van der Waals surface area contributed by atoms with Gasteiger partial charge in [-0.15, -0.1) is 0 Å². The molecule has 0 spiro atoms. The van der Waals surface area contributed by atoms with Crippen LogP contribution >= 0.6 is 11.6 Å². The van der Waals surface area contributed by atoms with Crippen LogP contribution in [-0.2, 0) is 4.74 Å². The van der Waals surface area contributed by atoms with Crippen molar-refractivity contribution in [3.8, 4) is 17.1 Å². The number of hydrogen-bond acceptors (Lipinski definition) is 5. The number of carbonyl (C=O) groups excluding carboxylic acids is 1. The summed E-state index contributed by atoms with van der Waals surface area (Å²) in [6.45, 7) is 2.83. The molecule has 0 radical (unpaired) electrons. The number of nitrogens with one attached hydrogen (secondary N) is 1. The van der Waals surface area contributed by atoms with Crippen molar-refractivity contribution in [2.24, 2.45) is 0 Å². The summed E-state index contributed by atoms with van der Waals surface area (Å²) in [5.74, 6) is 1.17. The first kappa shape index (κ1) is 19.4. The van der Waals surface area contributed by atoms with Crippen molar-refractivity contribution in [3.05, 3.63) is 65.4 Å². The van der Waals surface area contributed by atoms with Crippen molar-refractivity contribution in [3.63, 3.8) is 0 Å². The smallest absolute Gasteiger partial charge is 0.291 e. The van der Waals surface area contributed by atoms with Gasteiger partial charge in [-0.05, 0) is 48.5 Å². The van der Waals surface area contributed by atoms with Crippen LogP contribution in [0.4, 0.5) is 11.4 Å². The molecule has 1 aliphatic rings. The fourth-order valence-electron chi connectivity index (χ4n) is 3.24. The predicted molar refractivity (Wildman–Crippen MR) is 113 cm³/mol. The van der Waals surface area contributed by atoms with Gasteiger partial charge in [-0.1, -0.05) is 11.6 Å². The number of ether oxygens (including phenoxy) is 2. The van der Waals surface area contributed by atoms with Crippen LogP contribution in [0.3, 0.4) is 0 Å². The highest BCUT2D eigenvalue weighted by atomic mass is 35.5. The fourth-order valence-corrected chi connectivity index (χ4v) is 3.36. The highest BCUT2D eigenvalue weighted by Crippen LogP contribution is 2.32. The Labute approximate surface area is 174 Å². The maximum Gasteiger partial charge on any atom is 0.291 e. The largest absolute Gasteiger partial charge is 0.497 e. The van der Waals surface area contributed by atoms with Crippen LogP contribution in [0.1, 0.15) is 10.6 Å². The number of morpholine rings is 1. The van der Waals surface area contributed by atoms with Crippen molar-refractivity contribution in [1.29, 1.82) is 0 Å². The van der Waals surface area contributed by atoms with E-state index in [1.807, 2.05) is 30.3 Å². The molecule has 1 fully saturated rings. The van der Waals surface area contributed by atoms with E-state index < -0.39 is 0 Å². The standard InChI is InChI=1S/C22H21ClN2O4/c1-27-17-6-7-19(25-10-12-28-13-11-25)18(14-17)24-22(26)21-9-8-20(29-21)15-2-4-16(23)5-3-15/h2-9,14H,10-13H2,1H3,(H,24,26). The summed E-state index contributed by atoms with van der Waals surface area (Å²) in [6.07, 6.45) is 0. The maximum atomic E-state index is 12.8. The molecule has 0 aliphatic carbocycles. The van der Waals surface area contributed by atoms with Crippen LogP contribution in [0.25, 0.3) is 11.3 Å². The molecule has 1 aliphatic heterocycles. The van der Waals surface area contributed by atoms with Crippen LogP contribution in [0.5, 0.6) is 5.75 Å². The Morgan fingerprint density at radius 2 is 1.83 bits per heavy atom. The zero-order valence-corrected chi connectivity index (χ0v) is 16.7. The minimum atomic E-state index is -0.326. The van der Waals surface area contributed by atoms with E-state index in [-0.39, 0.29) is 11.7 Å². The Morgan fingerprint density at radius 3 is 2.55 bits per heavy atom. The molecule has 2 heterocycles. The van der Waals surface area contributed by atoms with Gasteiger partial charge in [0.05, 0.1) is 31.7 Å². The van der Waals surface area contributed by atoms with Crippen molar-refractivity contribution in [2.75, 3.05) is 43.6 Å². The molecule has 29 heavy (non-hydrogen) atoms. The number of nitrogens with zero attached hydrogens (tertiary/aromatic N) is 1. The summed E-state index contributed by atoms with van der Waals surface area (Å²) in [4.78, 5) is 15.0. The third-order valence-electron chi connectivity index (χ3n) is 4.76. The van der Waals surface area contributed by atoms with Crippen molar-refractivity contribution in [2.45, 2.75) is 0 Å². The number of halogens is 1. The van der Waals surface area contributed by atoms with E-state index in [1.165, 1.54) is 0 Å². The number of anilines is 2. The molecule has 7 heteroatoms. The summed E-state index contributed by atoms with van der Waals surface area (Å²) in [5, 5.41) is 3.60. The lowest BCUT2D eigenvalue weighted by Crippen LogP contribution is -2.36. The number of furan rings is 1. The summed E-state index contributed by atoms with van der Waals surface area (Å²) in [7, 11) is 1.60. The lowest BCUT2D eigenvalue weighted by atomic mass is 10.2. The first-order valence-corrected chi connectivity index (χ1v) is 9.70. The summed E-state index contributed by atoms with van der Waals surface area (Å²) >= 11 is 5.93. The Hall–Kier alpha value is -2.96.